The Morgan fingerprint density at radius 2 is 2.20 bits per heavy atom. The molecular formula is C16H17NO3. The fourth-order valence-corrected chi connectivity index (χ4v) is 3.50. The van der Waals surface area contributed by atoms with Gasteiger partial charge in [0.05, 0.1) is 17.9 Å². The number of ether oxygens (including phenoxy) is 1. The molecule has 2 atom stereocenters. The molecule has 20 heavy (non-hydrogen) atoms. The van der Waals surface area contributed by atoms with E-state index in [2.05, 4.69) is 6.58 Å². The molecule has 0 radical (unpaired) electrons. The van der Waals surface area contributed by atoms with Crippen molar-refractivity contribution in [3.63, 3.8) is 0 Å². The summed E-state index contributed by atoms with van der Waals surface area (Å²) in [6.07, 6.45) is 2.21. The molecule has 0 bridgehead atoms. The van der Waals surface area contributed by atoms with Crippen LogP contribution in [0.15, 0.2) is 36.9 Å². The SMILES string of the molecule is C=CCN1C(=O)C2(CC2(C)C(=O)OC)c2ccccc21. The Morgan fingerprint density at radius 3 is 2.85 bits per heavy atom. The molecule has 0 aromatic heterocycles. The van der Waals surface area contributed by atoms with E-state index >= 15 is 0 Å². The molecule has 2 aliphatic rings. The zero-order chi connectivity index (χ0) is 14.5. The number of esters is 1. The Kier molecular flexibility index (Phi) is 2.55. The normalized spacial score (nSPS) is 30.3. The number of amides is 1. The second-order valence-electron chi connectivity index (χ2n) is 5.63. The van der Waals surface area contributed by atoms with Gasteiger partial charge in [-0.2, -0.15) is 0 Å². The van der Waals surface area contributed by atoms with Crippen molar-refractivity contribution in [3.8, 4) is 0 Å². The van der Waals surface area contributed by atoms with Crippen molar-refractivity contribution in [2.45, 2.75) is 18.8 Å². The third kappa shape index (κ3) is 1.26. The van der Waals surface area contributed by atoms with Crippen molar-refractivity contribution >= 4 is 17.6 Å². The maximum absolute atomic E-state index is 12.8. The van der Waals surface area contributed by atoms with Crippen LogP contribution >= 0.6 is 0 Å². The highest BCUT2D eigenvalue weighted by Gasteiger charge is 2.78. The van der Waals surface area contributed by atoms with Gasteiger partial charge < -0.3 is 9.64 Å². The van der Waals surface area contributed by atoms with Crippen LogP contribution in [-0.4, -0.2) is 25.5 Å². The first-order chi connectivity index (χ1) is 9.53. The van der Waals surface area contributed by atoms with Crippen molar-refractivity contribution in [2.75, 3.05) is 18.6 Å². The highest BCUT2D eigenvalue weighted by atomic mass is 16.5. The van der Waals surface area contributed by atoms with Crippen LogP contribution in [0.25, 0.3) is 0 Å². The molecule has 3 rings (SSSR count). The number of carbonyl (C=O) groups excluding carboxylic acids is 2. The lowest BCUT2D eigenvalue weighted by molar-refractivity contribution is -0.148. The fourth-order valence-electron chi connectivity index (χ4n) is 3.50. The van der Waals surface area contributed by atoms with Gasteiger partial charge in [-0.1, -0.05) is 24.3 Å². The van der Waals surface area contributed by atoms with Crippen molar-refractivity contribution in [3.05, 3.63) is 42.5 Å². The van der Waals surface area contributed by atoms with Gasteiger partial charge in [0.1, 0.15) is 0 Å². The Hall–Kier alpha value is -2.10. The predicted molar refractivity (Wildman–Crippen MR) is 75.4 cm³/mol. The maximum Gasteiger partial charge on any atom is 0.313 e. The van der Waals surface area contributed by atoms with Crippen molar-refractivity contribution in [1.82, 2.24) is 0 Å². The molecule has 104 valence electrons. The molecule has 0 saturated heterocycles. The molecular weight excluding hydrogens is 254 g/mol. The van der Waals surface area contributed by atoms with Gasteiger partial charge in [-0.15, -0.1) is 6.58 Å². The molecule has 1 aromatic rings. The fraction of sp³-hybridized carbons (Fsp3) is 0.375. The standard InChI is InChI=1S/C16H17NO3/c1-4-9-17-12-8-6-5-7-11(12)16(13(17)18)10-15(16,2)14(19)20-3/h4-8H,1,9-10H2,2-3H3. The lowest BCUT2D eigenvalue weighted by Gasteiger charge is -2.17. The van der Waals surface area contributed by atoms with E-state index in [0.717, 1.165) is 11.3 Å². The number of fused-ring (bicyclic) bond motifs is 2. The number of rotatable bonds is 3. The summed E-state index contributed by atoms with van der Waals surface area (Å²) >= 11 is 0. The smallest absolute Gasteiger partial charge is 0.313 e. The van der Waals surface area contributed by atoms with Crippen LogP contribution in [0, 0.1) is 5.41 Å². The van der Waals surface area contributed by atoms with Crippen molar-refractivity contribution in [2.24, 2.45) is 5.41 Å². The number of anilines is 1. The van der Waals surface area contributed by atoms with Gasteiger partial charge in [-0.05, 0) is 25.0 Å². The summed E-state index contributed by atoms with van der Waals surface area (Å²) < 4.78 is 4.89. The van der Waals surface area contributed by atoms with Crippen LogP contribution in [0.4, 0.5) is 5.69 Å². The minimum Gasteiger partial charge on any atom is -0.469 e. The van der Waals surface area contributed by atoms with Gasteiger partial charge in [-0.25, -0.2) is 0 Å². The topological polar surface area (TPSA) is 46.6 Å². The van der Waals surface area contributed by atoms with Crippen LogP contribution in [0.1, 0.15) is 18.9 Å². The number of benzene rings is 1. The second-order valence-corrected chi connectivity index (χ2v) is 5.63. The molecule has 1 aliphatic heterocycles. The van der Waals surface area contributed by atoms with Gasteiger partial charge in [0, 0.05) is 12.2 Å². The van der Waals surface area contributed by atoms with Gasteiger partial charge in [0.15, 0.2) is 0 Å². The molecule has 1 aliphatic carbocycles. The van der Waals surface area contributed by atoms with E-state index in [9.17, 15) is 9.59 Å². The number of nitrogens with zero attached hydrogens (tertiary/aromatic N) is 1. The van der Waals surface area contributed by atoms with Gasteiger partial charge in [0.2, 0.25) is 5.91 Å². The third-order valence-corrected chi connectivity index (χ3v) is 4.65. The molecule has 1 heterocycles. The average Bonchev–Trinajstić information content (AvgIpc) is 3.05. The Bertz CT molecular complexity index is 624. The number of methoxy groups -OCH3 is 1. The quantitative estimate of drug-likeness (QED) is 0.624. The van der Waals surface area contributed by atoms with Crippen LogP contribution in [0.2, 0.25) is 0 Å². The van der Waals surface area contributed by atoms with E-state index in [0.29, 0.717) is 13.0 Å². The van der Waals surface area contributed by atoms with Crippen molar-refractivity contribution < 1.29 is 14.3 Å². The van der Waals surface area contributed by atoms with E-state index in [1.54, 1.807) is 11.0 Å². The summed E-state index contributed by atoms with van der Waals surface area (Å²) in [4.78, 5) is 26.6. The first-order valence-electron chi connectivity index (χ1n) is 6.64. The number of carbonyl (C=O) groups is 2. The summed E-state index contributed by atoms with van der Waals surface area (Å²) in [5.74, 6) is -0.340. The molecule has 1 amide bonds. The van der Waals surface area contributed by atoms with Gasteiger partial charge >= 0.3 is 5.97 Å². The molecule has 0 N–H and O–H groups in total. The molecule has 2 unspecified atom stereocenters. The first kappa shape index (κ1) is 12.9. The first-order valence-corrected chi connectivity index (χ1v) is 6.64. The summed E-state index contributed by atoms with van der Waals surface area (Å²) in [6.45, 7) is 5.97. The Morgan fingerprint density at radius 1 is 1.50 bits per heavy atom. The largest absolute Gasteiger partial charge is 0.469 e. The lowest BCUT2D eigenvalue weighted by atomic mass is 9.88. The molecule has 1 fully saturated rings. The second kappa shape index (κ2) is 3.95. The summed E-state index contributed by atoms with van der Waals surface area (Å²) in [7, 11) is 1.37. The Balaban J connectivity index is 2.13. The molecule has 1 saturated carbocycles. The van der Waals surface area contributed by atoms with Crippen LogP contribution in [-0.2, 0) is 19.7 Å². The molecule has 4 heteroatoms. The third-order valence-electron chi connectivity index (χ3n) is 4.65. The van der Waals surface area contributed by atoms with Crippen LogP contribution < -0.4 is 4.90 Å². The monoisotopic (exact) mass is 271 g/mol. The minimum atomic E-state index is -0.759. The Labute approximate surface area is 118 Å². The zero-order valence-corrected chi connectivity index (χ0v) is 11.7. The maximum atomic E-state index is 12.8. The predicted octanol–water partition coefficient (Wildman–Crippen LogP) is 2.04. The van der Waals surface area contributed by atoms with Crippen LogP contribution in [0.5, 0.6) is 0 Å². The summed E-state index contributed by atoms with van der Waals surface area (Å²) in [6, 6.07) is 7.66. The molecule has 1 aromatic carbocycles. The van der Waals surface area contributed by atoms with E-state index in [4.69, 9.17) is 4.74 Å². The highest BCUT2D eigenvalue weighted by molar-refractivity contribution is 6.15. The van der Waals surface area contributed by atoms with E-state index < -0.39 is 10.8 Å². The lowest BCUT2D eigenvalue weighted by Crippen LogP contribution is -2.37. The summed E-state index contributed by atoms with van der Waals surface area (Å²) in [5, 5.41) is 0. The zero-order valence-electron chi connectivity index (χ0n) is 11.7. The number of hydrogen-bond acceptors (Lipinski definition) is 3. The number of para-hydroxylation sites is 1. The minimum absolute atomic E-state index is 0.0218. The van der Waals surface area contributed by atoms with E-state index in [-0.39, 0.29) is 11.9 Å². The van der Waals surface area contributed by atoms with Gasteiger partial charge in [-0.3, -0.25) is 9.59 Å². The van der Waals surface area contributed by atoms with Crippen molar-refractivity contribution in [1.29, 1.82) is 0 Å². The number of hydrogen-bond donors (Lipinski definition) is 0. The van der Waals surface area contributed by atoms with E-state index in [1.807, 2.05) is 31.2 Å². The highest BCUT2D eigenvalue weighted by Crippen LogP contribution is 2.70. The summed E-state index contributed by atoms with van der Waals surface area (Å²) in [5.41, 5.74) is 0.301. The average molecular weight is 271 g/mol. The van der Waals surface area contributed by atoms with Gasteiger partial charge in [0.25, 0.3) is 0 Å². The molecule has 1 spiro atoms. The van der Waals surface area contributed by atoms with Crippen LogP contribution in [0.3, 0.4) is 0 Å². The molecule has 4 nitrogen and oxygen atoms in total. The van der Waals surface area contributed by atoms with E-state index in [1.165, 1.54) is 7.11 Å².